The van der Waals surface area contributed by atoms with Crippen LogP contribution >= 0.6 is 11.8 Å². The van der Waals surface area contributed by atoms with E-state index in [1.54, 1.807) is 25.3 Å². The zero-order valence-electron chi connectivity index (χ0n) is 16.2. The Kier molecular flexibility index (Phi) is 5.36. The fourth-order valence-corrected chi connectivity index (χ4v) is 4.64. The predicted octanol–water partition coefficient (Wildman–Crippen LogP) is 5.05. The number of likely N-dealkylation sites (N-methyl/N-ethyl adjacent to an activating group) is 1. The van der Waals surface area contributed by atoms with Crippen LogP contribution in [0.15, 0.2) is 52.3 Å². The fraction of sp³-hybridized carbons (Fsp3) is 0.273. The molecule has 0 radical (unpaired) electrons. The van der Waals surface area contributed by atoms with Crippen LogP contribution in [-0.4, -0.2) is 36.9 Å². The molecule has 2 aromatic carbocycles. The second-order valence-corrected chi connectivity index (χ2v) is 8.36. The topological polar surface area (TPSA) is 40.6 Å². The van der Waals surface area contributed by atoms with Crippen LogP contribution in [0.1, 0.15) is 34.3 Å². The van der Waals surface area contributed by atoms with E-state index in [4.69, 9.17) is 0 Å². The number of hydrogen-bond donors (Lipinski definition) is 0. The molecule has 0 aliphatic carbocycles. The summed E-state index contributed by atoms with van der Waals surface area (Å²) in [5, 5.41) is 0. The molecule has 0 bridgehead atoms. The number of carbonyl (C=O) groups is 2. The Morgan fingerprint density at radius 1 is 1.07 bits per heavy atom. The summed E-state index contributed by atoms with van der Waals surface area (Å²) < 4.78 is 38.2. The molecule has 0 aromatic heterocycles. The molecule has 156 valence electrons. The van der Waals surface area contributed by atoms with Crippen LogP contribution in [0.4, 0.5) is 18.9 Å². The first-order valence-electron chi connectivity index (χ1n) is 9.52. The Labute approximate surface area is 176 Å². The molecule has 2 aliphatic heterocycles. The van der Waals surface area contributed by atoms with Crippen LogP contribution in [0, 0.1) is 0 Å². The molecule has 4 rings (SSSR count). The number of halogens is 3. The maximum absolute atomic E-state index is 12.8. The number of anilines is 1. The minimum absolute atomic E-state index is 0.0350. The lowest BCUT2D eigenvalue weighted by molar-refractivity contribution is -0.137. The summed E-state index contributed by atoms with van der Waals surface area (Å²) in [5.74, 6) is -0.301. The number of rotatable bonds is 2. The van der Waals surface area contributed by atoms with Gasteiger partial charge in [0, 0.05) is 30.6 Å². The van der Waals surface area contributed by atoms with Gasteiger partial charge in [-0.25, -0.2) is 0 Å². The first-order valence-corrected chi connectivity index (χ1v) is 10.3. The lowest BCUT2D eigenvalue weighted by Crippen LogP contribution is -2.31. The summed E-state index contributed by atoms with van der Waals surface area (Å²) in [6.07, 6.45) is -0.813. The Morgan fingerprint density at radius 3 is 2.37 bits per heavy atom. The van der Waals surface area contributed by atoms with E-state index in [0.29, 0.717) is 21.7 Å². The van der Waals surface area contributed by atoms with Crippen molar-refractivity contribution < 1.29 is 22.8 Å². The summed E-state index contributed by atoms with van der Waals surface area (Å²) in [7, 11) is 1.63. The van der Waals surface area contributed by atoms with Crippen LogP contribution in [0.5, 0.6) is 0 Å². The number of fused-ring (bicyclic) bond motifs is 1. The van der Waals surface area contributed by atoms with Gasteiger partial charge in [-0.15, -0.1) is 0 Å². The molecule has 0 saturated carbocycles. The van der Waals surface area contributed by atoms with Gasteiger partial charge < -0.3 is 9.80 Å². The Balaban J connectivity index is 1.60. The van der Waals surface area contributed by atoms with E-state index in [0.717, 1.165) is 43.0 Å². The number of alkyl halides is 3. The van der Waals surface area contributed by atoms with Crippen molar-refractivity contribution in [1.29, 1.82) is 0 Å². The van der Waals surface area contributed by atoms with Crippen LogP contribution in [0.25, 0.3) is 6.08 Å². The van der Waals surface area contributed by atoms with E-state index in [2.05, 4.69) is 0 Å². The van der Waals surface area contributed by atoms with Gasteiger partial charge in [-0.05, 0) is 54.8 Å². The Bertz CT molecular complexity index is 1030. The number of likely N-dealkylation sites (tertiary alicyclic amines) is 1. The minimum atomic E-state index is -4.40. The van der Waals surface area contributed by atoms with Crippen molar-refractivity contribution in [3.63, 3.8) is 0 Å². The van der Waals surface area contributed by atoms with Crippen molar-refractivity contribution in [1.82, 2.24) is 4.90 Å². The molecule has 1 fully saturated rings. The maximum Gasteiger partial charge on any atom is 0.416 e. The highest BCUT2D eigenvalue weighted by molar-refractivity contribution is 8.04. The van der Waals surface area contributed by atoms with Crippen LogP contribution < -0.4 is 4.90 Å². The van der Waals surface area contributed by atoms with E-state index >= 15 is 0 Å². The molecule has 0 atom stereocenters. The monoisotopic (exact) mass is 432 g/mol. The molecule has 2 heterocycles. The van der Waals surface area contributed by atoms with Gasteiger partial charge >= 0.3 is 6.18 Å². The third kappa shape index (κ3) is 3.96. The molecule has 0 spiro atoms. The standard InChI is InChI=1S/C22H19F3N2O2S/c1-26-17-13-15(20(28)27-10-2-3-11-27)6-9-18(17)30-19(21(26)29)12-14-4-7-16(8-5-14)22(23,24)25/h4-9,12-13H,2-3,10-11H2,1H3/b19-12-. The van der Waals surface area contributed by atoms with Gasteiger partial charge in [0.15, 0.2) is 0 Å². The summed E-state index contributed by atoms with van der Waals surface area (Å²) in [4.78, 5) is 30.0. The highest BCUT2D eigenvalue weighted by atomic mass is 32.2. The van der Waals surface area contributed by atoms with Crippen molar-refractivity contribution in [2.75, 3.05) is 25.0 Å². The summed E-state index contributed by atoms with van der Waals surface area (Å²) in [6, 6.07) is 9.99. The molecule has 1 saturated heterocycles. The SMILES string of the molecule is CN1C(=O)/C(=C/c2ccc(C(F)(F)F)cc2)Sc2ccc(C(=O)N3CCCC3)cc21. The Hall–Kier alpha value is -2.74. The van der Waals surface area contributed by atoms with Crippen molar-refractivity contribution in [2.45, 2.75) is 23.9 Å². The first kappa shape index (κ1) is 20.5. The van der Waals surface area contributed by atoms with Crippen molar-refractivity contribution in [2.24, 2.45) is 0 Å². The van der Waals surface area contributed by atoms with Gasteiger partial charge in [-0.1, -0.05) is 23.9 Å². The molecular weight excluding hydrogens is 413 g/mol. The number of thioether (sulfide) groups is 1. The number of nitrogens with zero attached hydrogens (tertiary/aromatic N) is 2. The quantitative estimate of drug-likeness (QED) is 0.624. The molecule has 8 heteroatoms. The van der Waals surface area contributed by atoms with Gasteiger partial charge in [0.25, 0.3) is 11.8 Å². The van der Waals surface area contributed by atoms with E-state index in [1.165, 1.54) is 28.8 Å². The third-order valence-corrected chi connectivity index (χ3v) is 6.31. The van der Waals surface area contributed by atoms with E-state index in [-0.39, 0.29) is 11.8 Å². The normalized spacial score (nSPS) is 18.1. The third-order valence-electron chi connectivity index (χ3n) is 5.23. The molecule has 4 nitrogen and oxygen atoms in total. The summed E-state index contributed by atoms with van der Waals surface area (Å²) >= 11 is 1.25. The fourth-order valence-electron chi connectivity index (χ4n) is 3.55. The average molecular weight is 432 g/mol. The predicted molar refractivity (Wildman–Crippen MR) is 110 cm³/mol. The largest absolute Gasteiger partial charge is 0.416 e. The number of carbonyl (C=O) groups excluding carboxylic acids is 2. The van der Waals surface area contributed by atoms with E-state index in [9.17, 15) is 22.8 Å². The zero-order valence-corrected chi connectivity index (χ0v) is 17.0. The highest BCUT2D eigenvalue weighted by Crippen LogP contribution is 2.42. The molecule has 0 unspecified atom stereocenters. The van der Waals surface area contributed by atoms with Crippen LogP contribution in [0.2, 0.25) is 0 Å². The summed E-state index contributed by atoms with van der Waals surface area (Å²) in [6.45, 7) is 1.50. The second-order valence-electron chi connectivity index (χ2n) is 7.28. The van der Waals surface area contributed by atoms with Gasteiger partial charge in [0.05, 0.1) is 16.2 Å². The average Bonchev–Trinajstić information content (AvgIpc) is 3.26. The van der Waals surface area contributed by atoms with Crippen LogP contribution in [0.3, 0.4) is 0 Å². The second kappa shape index (κ2) is 7.83. The molecule has 30 heavy (non-hydrogen) atoms. The smallest absolute Gasteiger partial charge is 0.339 e. The van der Waals surface area contributed by atoms with Crippen molar-refractivity contribution >= 4 is 35.3 Å². The number of benzene rings is 2. The zero-order chi connectivity index (χ0) is 21.5. The first-order chi connectivity index (χ1) is 14.2. The highest BCUT2D eigenvalue weighted by Gasteiger charge is 2.31. The lowest BCUT2D eigenvalue weighted by Gasteiger charge is -2.28. The van der Waals surface area contributed by atoms with Gasteiger partial charge in [0.2, 0.25) is 0 Å². The molecular formula is C22H19F3N2O2S. The number of hydrogen-bond acceptors (Lipinski definition) is 3. The van der Waals surface area contributed by atoms with Crippen molar-refractivity contribution in [3.8, 4) is 0 Å². The molecule has 0 N–H and O–H groups in total. The minimum Gasteiger partial charge on any atom is -0.339 e. The van der Waals surface area contributed by atoms with Gasteiger partial charge in [-0.3, -0.25) is 9.59 Å². The molecule has 2 aliphatic rings. The van der Waals surface area contributed by atoms with Crippen molar-refractivity contribution in [3.05, 3.63) is 64.1 Å². The molecule has 2 amide bonds. The Morgan fingerprint density at radius 2 is 1.73 bits per heavy atom. The number of amides is 2. The van der Waals surface area contributed by atoms with Gasteiger partial charge in [-0.2, -0.15) is 13.2 Å². The summed E-state index contributed by atoms with van der Waals surface area (Å²) in [5.41, 5.74) is 0.979. The van der Waals surface area contributed by atoms with E-state index in [1.807, 2.05) is 11.0 Å². The van der Waals surface area contributed by atoms with Gasteiger partial charge in [0.1, 0.15) is 0 Å². The lowest BCUT2D eigenvalue weighted by atomic mass is 10.1. The van der Waals surface area contributed by atoms with Crippen LogP contribution in [-0.2, 0) is 11.0 Å². The van der Waals surface area contributed by atoms with E-state index < -0.39 is 11.7 Å². The molecule has 2 aromatic rings. The maximum atomic E-state index is 12.8.